The van der Waals surface area contributed by atoms with Crippen LogP contribution < -0.4 is 15.4 Å². The molecule has 0 bridgehead atoms. The molecule has 1 aliphatic rings. The molecule has 0 atom stereocenters. The second kappa shape index (κ2) is 8.67. The van der Waals surface area contributed by atoms with Gasteiger partial charge in [0.2, 0.25) is 0 Å². The fourth-order valence-corrected chi connectivity index (χ4v) is 4.46. The highest BCUT2D eigenvalue weighted by Crippen LogP contribution is 2.38. The summed E-state index contributed by atoms with van der Waals surface area (Å²) in [6, 6.07) is 17.0. The first-order chi connectivity index (χ1) is 15.6. The zero-order valence-corrected chi connectivity index (χ0v) is 19.2. The van der Waals surface area contributed by atoms with Gasteiger partial charge in [-0.25, -0.2) is 0 Å². The number of ether oxygens (including phenoxy) is 1. The summed E-state index contributed by atoms with van der Waals surface area (Å²) in [6.07, 6.45) is 4.21. The highest BCUT2D eigenvalue weighted by atomic mass is 79.9. The molecule has 2 aromatic carbocycles. The van der Waals surface area contributed by atoms with Crippen molar-refractivity contribution in [2.75, 3.05) is 17.7 Å². The molecule has 0 fully saturated rings. The van der Waals surface area contributed by atoms with Gasteiger partial charge < -0.3 is 19.8 Å². The predicted octanol–water partition coefficient (Wildman–Crippen LogP) is 6.47. The largest absolute Gasteiger partial charge is 0.495 e. The van der Waals surface area contributed by atoms with Crippen molar-refractivity contribution in [3.63, 3.8) is 0 Å². The molecule has 0 aliphatic heterocycles. The number of carbonyl (C=O) groups excluding carboxylic acids is 1. The van der Waals surface area contributed by atoms with Crippen LogP contribution in [0.15, 0.2) is 63.7 Å². The lowest BCUT2D eigenvalue weighted by molar-refractivity contribution is 0.0995. The van der Waals surface area contributed by atoms with Crippen LogP contribution in [0, 0.1) is 0 Å². The van der Waals surface area contributed by atoms with Gasteiger partial charge in [0.1, 0.15) is 5.75 Å². The third kappa shape index (κ3) is 3.96. The minimum atomic E-state index is -0.305. The van der Waals surface area contributed by atoms with Crippen LogP contribution in [0.5, 0.6) is 5.75 Å². The number of nitrogens with one attached hydrogen (secondary N) is 2. The van der Waals surface area contributed by atoms with E-state index in [-0.39, 0.29) is 11.7 Å². The van der Waals surface area contributed by atoms with Gasteiger partial charge in [-0.2, -0.15) is 0 Å². The fraction of sp³-hybridized carbons (Fsp3) is 0.200. The van der Waals surface area contributed by atoms with Gasteiger partial charge >= 0.3 is 0 Å². The lowest BCUT2D eigenvalue weighted by atomic mass is 9.92. The molecule has 2 N–H and O–H groups in total. The molecule has 0 saturated heterocycles. The minimum Gasteiger partial charge on any atom is -0.495 e. The van der Waals surface area contributed by atoms with Crippen molar-refractivity contribution in [2.45, 2.75) is 25.7 Å². The number of pyridine rings is 1. The molecule has 2 heterocycles. The van der Waals surface area contributed by atoms with Crippen molar-refractivity contribution in [3.8, 4) is 5.75 Å². The van der Waals surface area contributed by atoms with Crippen LogP contribution >= 0.6 is 15.9 Å². The molecule has 5 rings (SSSR count). The third-order valence-electron chi connectivity index (χ3n) is 5.68. The molecule has 7 heteroatoms. The van der Waals surface area contributed by atoms with E-state index in [1.54, 1.807) is 19.2 Å². The summed E-state index contributed by atoms with van der Waals surface area (Å²) in [7, 11) is 1.67. The highest BCUT2D eigenvalue weighted by molar-refractivity contribution is 9.10. The summed E-state index contributed by atoms with van der Waals surface area (Å²) in [6.45, 7) is 0. The van der Waals surface area contributed by atoms with Crippen molar-refractivity contribution in [3.05, 3.63) is 76.3 Å². The van der Waals surface area contributed by atoms with Crippen molar-refractivity contribution in [1.82, 2.24) is 4.98 Å². The van der Waals surface area contributed by atoms with Crippen molar-refractivity contribution in [2.24, 2.45) is 0 Å². The number of fused-ring (bicyclic) bond motifs is 2. The van der Waals surface area contributed by atoms with Crippen molar-refractivity contribution >= 4 is 49.8 Å². The number of aromatic nitrogens is 1. The predicted molar refractivity (Wildman–Crippen MR) is 129 cm³/mol. The summed E-state index contributed by atoms with van der Waals surface area (Å²) >= 11 is 3.23. The number of aryl methyl sites for hydroxylation is 1. The Labute approximate surface area is 194 Å². The van der Waals surface area contributed by atoms with Crippen LogP contribution in [-0.4, -0.2) is 18.0 Å². The Morgan fingerprint density at radius 1 is 1.09 bits per heavy atom. The van der Waals surface area contributed by atoms with Crippen LogP contribution in [0.4, 0.5) is 17.1 Å². The van der Waals surface area contributed by atoms with E-state index in [1.807, 2.05) is 42.5 Å². The van der Waals surface area contributed by atoms with Gasteiger partial charge in [-0.1, -0.05) is 12.1 Å². The van der Waals surface area contributed by atoms with Gasteiger partial charge in [0.15, 0.2) is 10.4 Å². The first-order valence-corrected chi connectivity index (χ1v) is 11.3. The Bertz CT molecular complexity index is 1320. The summed E-state index contributed by atoms with van der Waals surface area (Å²) < 4.78 is 11.4. The van der Waals surface area contributed by atoms with Crippen LogP contribution in [-0.2, 0) is 12.8 Å². The number of hydrogen-bond acceptors (Lipinski definition) is 5. The normalized spacial score (nSPS) is 12.9. The van der Waals surface area contributed by atoms with Crippen LogP contribution in [0.3, 0.4) is 0 Å². The number of nitrogens with zero attached hydrogens (tertiary/aromatic N) is 1. The molecular weight excluding hydrogens is 470 g/mol. The molecule has 2 aromatic heterocycles. The van der Waals surface area contributed by atoms with Crippen LogP contribution in [0.1, 0.15) is 34.7 Å². The highest BCUT2D eigenvalue weighted by Gasteiger charge is 2.20. The third-order valence-corrected chi connectivity index (χ3v) is 6.11. The van der Waals surface area contributed by atoms with Crippen LogP contribution in [0.2, 0.25) is 0 Å². The van der Waals surface area contributed by atoms with E-state index in [0.717, 1.165) is 59.4 Å². The number of rotatable bonds is 5. The lowest BCUT2D eigenvalue weighted by Crippen LogP contribution is -2.12. The molecular formula is C25H22BrN3O3. The zero-order chi connectivity index (χ0) is 22.1. The molecule has 32 heavy (non-hydrogen) atoms. The first kappa shape index (κ1) is 20.6. The molecule has 0 saturated carbocycles. The Kier molecular flexibility index (Phi) is 5.57. The van der Waals surface area contributed by atoms with Gasteiger partial charge in [-0.3, -0.25) is 9.78 Å². The minimum absolute atomic E-state index is 0.243. The van der Waals surface area contributed by atoms with E-state index in [9.17, 15) is 4.79 Å². The SMILES string of the molecule is COc1ccccc1Nc1c2c(nc3ccc(NC(=O)c4ccc(Br)o4)cc13)CCCC2. The molecule has 6 nitrogen and oxygen atoms in total. The Balaban J connectivity index is 1.59. The Morgan fingerprint density at radius 2 is 1.94 bits per heavy atom. The number of halogens is 1. The summed E-state index contributed by atoms with van der Waals surface area (Å²) in [5.74, 6) is 0.711. The molecule has 0 radical (unpaired) electrons. The van der Waals surface area contributed by atoms with Gasteiger partial charge in [-0.15, -0.1) is 0 Å². The maximum atomic E-state index is 12.6. The monoisotopic (exact) mass is 491 g/mol. The summed E-state index contributed by atoms with van der Waals surface area (Å²) in [5.41, 5.74) is 5.85. The number of carbonyl (C=O) groups is 1. The van der Waals surface area contributed by atoms with E-state index in [2.05, 4.69) is 26.6 Å². The average Bonchev–Trinajstić information content (AvgIpc) is 3.26. The van der Waals surface area contributed by atoms with Crippen molar-refractivity contribution < 1.29 is 13.9 Å². The van der Waals surface area contributed by atoms with E-state index >= 15 is 0 Å². The van der Waals surface area contributed by atoms with Crippen LogP contribution in [0.25, 0.3) is 10.9 Å². The second-order valence-corrected chi connectivity index (χ2v) is 8.52. The summed E-state index contributed by atoms with van der Waals surface area (Å²) in [5, 5.41) is 7.49. The van der Waals surface area contributed by atoms with Gasteiger partial charge in [0.25, 0.3) is 5.91 Å². The van der Waals surface area contributed by atoms with E-state index < -0.39 is 0 Å². The number of benzene rings is 2. The molecule has 1 amide bonds. The number of methoxy groups -OCH3 is 1. The Hall–Kier alpha value is -3.32. The number of furan rings is 1. The second-order valence-electron chi connectivity index (χ2n) is 7.73. The molecule has 1 aliphatic carbocycles. The number of amides is 1. The number of anilines is 3. The molecule has 0 unspecified atom stereocenters. The molecule has 162 valence electrons. The lowest BCUT2D eigenvalue weighted by Gasteiger charge is -2.23. The average molecular weight is 492 g/mol. The number of hydrogen-bond donors (Lipinski definition) is 2. The topological polar surface area (TPSA) is 76.4 Å². The molecule has 4 aromatic rings. The van der Waals surface area contributed by atoms with Crippen molar-refractivity contribution in [1.29, 1.82) is 0 Å². The van der Waals surface area contributed by atoms with E-state index in [0.29, 0.717) is 10.4 Å². The van der Waals surface area contributed by atoms with Gasteiger partial charge in [0.05, 0.1) is 24.0 Å². The van der Waals surface area contributed by atoms with E-state index in [4.69, 9.17) is 14.1 Å². The quantitative estimate of drug-likeness (QED) is 0.334. The smallest absolute Gasteiger partial charge is 0.291 e. The summed E-state index contributed by atoms with van der Waals surface area (Å²) in [4.78, 5) is 17.5. The zero-order valence-electron chi connectivity index (χ0n) is 17.6. The standard InChI is InChI=1S/C25H22BrN3O3/c1-31-21-9-5-4-8-20(21)29-24-16-6-2-3-7-18(16)28-19-11-10-15(14-17(19)24)27-25(30)22-12-13-23(26)32-22/h4-5,8-14H,2-3,6-7H2,1H3,(H,27,30)(H,28,29). The first-order valence-electron chi connectivity index (χ1n) is 10.5. The number of para-hydroxylation sites is 2. The Morgan fingerprint density at radius 3 is 2.75 bits per heavy atom. The molecule has 0 spiro atoms. The fourth-order valence-electron chi connectivity index (χ4n) is 4.16. The van der Waals surface area contributed by atoms with Gasteiger partial charge in [0, 0.05) is 16.8 Å². The van der Waals surface area contributed by atoms with E-state index in [1.165, 1.54) is 5.56 Å². The maximum Gasteiger partial charge on any atom is 0.291 e. The van der Waals surface area contributed by atoms with Gasteiger partial charge in [-0.05, 0) is 89.6 Å². The maximum absolute atomic E-state index is 12.6.